The fourth-order valence-corrected chi connectivity index (χ4v) is 2.44. The zero-order chi connectivity index (χ0) is 17.2. The lowest BCUT2D eigenvalue weighted by molar-refractivity contribution is 0.0420. The molecular formula is C17H26FN3O3. The highest BCUT2D eigenvalue weighted by Gasteiger charge is 2.15. The largest absolute Gasteiger partial charge is 0.392 e. The molecular weight excluding hydrogens is 313 g/mol. The molecule has 1 heterocycles. The van der Waals surface area contributed by atoms with Crippen molar-refractivity contribution in [3.63, 3.8) is 0 Å². The lowest BCUT2D eigenvalue weighted by atomic mass is 10.1. The molecule has 1 aromatic carbocycles. The van der Waals surface area contributed by atoms with E-state index in [-0.39, 0.29) is 12.7 Å². The highest BCUT2D eigenvalue weighted by atomic mass is 19.1. The van der Waals surface area contributed by atoms with Crippen LogP contribution < -0.4 is 10.6 Å². The summed E-state index contributed by atoms with van der Waals surface area (Å²) in [5.41, 5.74) is 1.18. The fraction of sp³-hybridized carbons (Fsp3) is 0.588. The van der Waals surface area contributed by atoms with Crippen LogP contribution in [-0.4, -0.2) is 50.6 Å². The maximum absolute atomic E-state index is 13.3. The van der Waals surface area contributed by atoms with Crippen LogP contribution >= 0.6 is 0 Å². The molecule has 1 aliphatic heterocycles. The molecule has 1 saturated heterocycles. The van der Waals surface area contributed by atoms with Crippen molar-refractivity contribution in [2.75, 3.05) is 33.4 Å². The number of nitrogens with zero attached hydrogens (tertiary/aromatic N) is 1. The summed E-state index contributed by atoms with van der Waals surface area (Å²) in [7, 11) is 1.70. The van der Waals surface area contributed by atoms with Crippen molar-refractivity contribution in [3.05, 3.63) is 35.1 Å². The molecule has 1 fully saturated rings. The first-order chi connectivity index (χ1) is 11.7. The molecule has 0 radical (unpaired) electrons. The normalized spacial score (nSPS) is 18.0. The van der Waals surface area contributed by atoms with Crippen LogP contribution in [0.2, 0.25) is 0 Å². The van der Waals surface area contributed by atoms with Crippen LogP contribution in [0.15, 0.2) is 23.2 Å². The molecule has 0 spiro atoms. The van der Waals surface area contributed by atoms with E-state index in [0.29, 0.717) is 31.3 Å². The van der Waals surface area contributed by atoms with Crippen LogP contribution in [0.1, 0.15) is 24.0 Å². The number of hydrogen-bond acceptors (Lipinski definition) is 4. The van der Waals surface area contributed by atoms with Gasteiger partial charge in [0.2, 0.25) is 0 Å². The van der Waals surface area contributed by atoms with Crippen molar-refractivity contribution in [1.82, 2.24) is 10.6 Å². The first kappa shape index (κ1) is 18.6. The molecule has 6 nitrogen and oxygen atoms in total. The zero-order valence-corrected chi connectivity index (χ0v) is 14.1. The standard InChI is InChI=1S/C17H26FN3O3/c1-19-17(20-6-2-7-24-15-5-8-23-12-15)21-10-13-3-4-16(18)14(9-13)11-22/h3-4,9,15,22H,2,5-8,10-12H2,1H3,(H2,19,20,21). The molecule has 3 N–H and O–H groups in total. The molecule has 7 heteroatoms. The first-order valence-electron chi connectivity index (χ1n) is 8.25. The summed E-state index contributed by atoms with van der Waals surface area (Å²) in [6.45, 7) is 3.13. The number of rotatable bonds is 8. The molecule has 0 aromatic heterocycles. The monoisotopic (exact) mass is 339 g/mol. The van der Waals surface area contributed by atoms with Crippen LogP contribution in [0, 0.1) is 5.82 Å². The van der Waals surface area contributed by atoms with Gasteiger partial charge in [-0.2, -0.15) is 0 Å². The van der Waals surface area contributed by atoms with Crippen LogP contribution in [0.25, 0.3) is 0 Å². The molecule has 24 heavy (non-hydrogen) atoms. The van der Waals surface area contributed by atoms with Gasteiger partial charge in [-0.25, -0.2) is 4.39 Å². The summed E-state index contributed by atoms with van der Waals surface area (Å²) in [6.07, 6.45) is 2.09. The van der Waals surface area contributed by atoms with E-state index >= 15 is 0 Å². The number of nitrogens with one attached hydrogen (secondary N) is 2. The van der Waals surface area contributed by atoms with Gasteiger partial charge in [-0.05, 0) is 30.5 Å². The molecule has 1 atom stereocenters. The zero-order valence-electron chi connectivity index (χ0n) is 14.1. The summed E-state index contributed by atoms with van der Waals surface area (Å²) in [5.74, 6) is 0.283. The van der Waals surface area contributed by atoms with E-state index in [2.05, 4.69) is 15.6 Å². The minimum Gasteiger partial charge on any atom is -0.392 e. The molecule has 1 unspecified atom stereocenters. The van der Waals surface area contributed by atoms with Crippen molar-refractivity contribution < 1.29 is 19.0 Å². The van der Waals surface area contributed by atoms with E-state index in [9.17, 15) is 4.39 Å². The minimum atomic E-state index is -0.392. The highest BCUT2D eigenvalue weighted by Crippen LogP contribution is 2.10. The topological polar surface area (TPSA) is 75.1 Å². The van der Waals surface area contributed by atoms with Gasteiger partial charge in [0.25, 0.3) is 0 Å². The van der Waals surface area contributed by atoms with Crippen LogP contribution in [0.3, 0.4) is 0 Å². The lowest BCUT2D eigenvalue weighted by Gasteiger charge is -2.13. The smallest absolute Gasteiger partial charge is 0.191 e. The Hall–Kier alpha value is -1.70. The van der Waals surface area contributed by atoms with Gasteiger partial charge in [-0.3, -0.25) is 4.99 Å². The second-order valence-electron chi connectivity index (χ2n) is 5.65. The number of aliphatic hydroxyl groups excluding tert-OH is 1. The van der Waals surface area contributed by atoms with Crippen molar-refractivity contribution >= 4 is 5.96 Å². The van der Waals surface area contributed by atoms with Crippen molar-refractivity contribution in [2.24, 2.45) is 4.99 Å². The van der Waals surface area contributed by atoms with Gasteiger partial charge < -0.3 is 25.2 Å². The van der Waals surface area contributed by atoms with Crippen molar-refractivity contribution in [1.29, 1.82) is 0 Å². The Bertz CT molecular complexity index is 534. The van der Waals surface area contributed by atoms with E-state index in [1.807, 2.05) is 0 Å². The third kappa shape index (κ3) is 6.07. The van der Waals surface area contributed by atoms with Gasteiger partial charge in [0.1, 0.15) is 5.82 Å². The number of aliphatic imine (C=N–C) groups is 1. The Kier molecular flexibility index (Phi) is 7.94. The Balaban J connectivity index is 1.64. The Morgan fingerprint density at radius 1 is 1.46 bits per heavy atom. The summed E-state index contributed by atoms with van der Waals surface area (Å²) < 4.78 is 24.3. The molecule has 0 amide bonds. The van der Waals surface area contributed by atoms with Gasteiger partial charge in [0.15, 0.2) is 5.96 Å². The maximum Gasteiger partial charge on any atom is 0.191 e. The van der Waals surface area contributed by atoms with Crippen LogP contribution in [-0.2, 0) is 22.6 Å². The quantitative estimate of drug-likeness (QED) is 0.377. The number of guanidine groups is 1. The van der Waals surface area contributed by atoms with E-state index in [4.69, 9.17) is 14.6 Å². The van der Waals surface area contributed by atoms with Gasteiger partial charge in [-0.15, -0.1) is 0 Å². The number of halogens is 1. The molecule has 1 aliphatic rings. The molecule has 2 rings (SSSR count). The maximum atomic E-state index is 13.3. The Morgan fingerprint density at radius 3 is 3.04 bits per heavy atom. The second kappa shape index (κ2) is 10.2. The van der Waals surface area contributed by atoms with Crippen molar-refractivity contribution in [3.8, 4) is 0 Å². The highest BCUT2D eigenvalue weighted by molar-refractivity contribution is 5.79. The lowest BCUT2D eigenvalue weighted by Crippen LogP contribution is -2.37. The van der Waals surface area contributed by atoms with E-state index in [1.165, 1.54) is 6.07 Å². The fourth-order valence-electron chi connectivity index (χ4n) is 2.44. The SMILES string of the molecule is CN=C(NCCCOC1CCOC1)NCc1ccc(F)c(CO)c1. The molecule has 0 aliphatic carbocycles. The van der Waals surface area contributed by atoms with Gasteiger partial charge >= 0.3 is 0 Å². The number of benzene rings is 1. The summed E-state index contributed by atoms with van der Waals surface area (Å²) >= 11 is 0. The summed E-state index contributed by atoms with van der Waals surface area (Å²) in [6, 6.07) is 4.70. The number of hydrogen-bond donors (Lipinski definition) is 3. The van der Waals surface area contributed by atoms with Crippen molar-refractivity contribution in [2.45, 2.75) is 32.1 Å². The predicted molar refractivity (Wildman–Crippen MR) is 90.3 cm³/mol. The van der Waals surface area contributed by atoms with E-state index in [1.54, 1.807) is 19.2 Å². The minimum absolute atomic E-state index is 0.238. The third-order valence-corrected chi connectivity index (χ3v) is 3.82. The third-order valence-electron chi connectivity index (χ3n) is 3.82. The average molecular weight is 339 g/mol. The molecule has 0 saturated carbocycles. The molecule has 1 aromatic rings. The van der Waals surface area contributed by atoms with Gasteiger partial charge in [0, 0.05) is 38.9 Å². The summed E-state index contributed by atoms with van der Waals surface area (Å²) in [4.78, 5) is 4.15. The summed E-state index contributed by atoms with van der Waals surface area (Å²) in [5, 5.41) is 15.5. The van der Waals surface area contributed by atoms with Gasteiger partial charge in [-0.1, -0.05) is 6.07 Å². The van der Waals surface area contributed by atoms with Crippen LogP contribution in [0.5, 0.6) is 0 Å². The molecule has 134 valence electrons. The second-order valence-corrected chi connectivity index (χ2v) is 5.65. The van der Waals surface area contributed by atoms with Crippen LogP contribution in [0.4, 0.5) is 4.39 Å². The molecule has 0 bridgehead atoms. The number of aliphatic hydroxyl groups is 1. The average Bonchev–Trinajstić information content (AvgIpc) is 3.12. The predicted octanol–water partition coefficient (Wildman–Crippen LogP) is 1.18. The van der Waals surface area contributed by atoms with Gasteiger partial charge in [0.05, 0.1) is 19.3 Å². The Labute approximate surface area is 142 Å². The van der Waals surface area contributed by atoms with E-state index in [0.717, 1.165) is 31.6 Å². The van der Waals surface area contributed by atoms with E-state index < -0.39 is 5.82 Å². The first-order valence-corrected chi connectivity index (χ1v) is 8.25. The number of ether oxygens (including phenoxy) is 2. The Morgan fingerprint density at radius 2 is 2.33 bits per heavy atom.